The summed E-state index contributed by atoms with van der Waals surface area (Å²) in [5, 5.41) is 6.03. The normalized spacial score (nSPS) is 12.2. The minimum atomic E-state index is -3.09. The lowest BCUT2D eigenvalue weighted by Gasteiger charge is -2.10. The number of aromatic nitrogens is 1. The zero-order valence-electron chi connectivity index (χ0n) is 9.73. The number of nitrogens with one attached hydrogen (secondary N) is 1. The van der Waals surface area contributed by atoms with Gasteiger partial charge in [-0.1, -0.05) is 0 Å². The van der Waals surface area contributed by atoms with Crippen LogP contribution in [0.2, 0.25) is 0 Å². The molecule has 1 heterocycles. The summed E-state index contributed by atoms with van der Waals surface area (Å²) in [7, 11) is -0.0112. The van der Waals surface area contributed by atoms with E-state index in [1.165, 1.54) is 4.31 Å². The Kier molecular flexibility index (Phi) is 4.85. The third-order valence-electron chi connectivity index (χ3n) is 2.04. The van der Waals surface area contributed by atoms with Crippen molar-refractivity contribution in [3.05, 3.63) is 16.1 Å². The molecule has 7 heteroatoms. The van der Waals surface area contributed by atoms with Gasteiger partial charge in [0, 0.05) is 38.3 Å². The highest BCUT2D eigenvalue weighted by Crippen LogP contribution is 2.07. The Hall–Kier alpha value is -0.500. The van der Waals surface area contributed by atoms with Crippen molar-refractivity contribution >= 4 is 21.4 Å². The monoisotopic (exact) mass is 263 g/mol. The molecule has 0 bridgehead atoms. The van der Waals surface area contributed by atoms with Crippen LogP contribution in [-0.4, -0.2) is 44.1 Å². The van der Waals surface area contributed by atoms with Crippen molar-refractivity contribution in [3.8, 4) is 0 Å². The quantitative estimate of drug-likeness (QED) is 0.756. The second kappa shape index (κ2) is 5.72. The Balaban J connectivity index is 2.27. The van der Waals surface area contributed by atoms with E-state index in [0.29, 0.717) is 13.1 Å². The Bertz CT molecular complexity index is 426. The van der Waals surface area contributed by atoms with Gasteiger partial charge in [-0.3, -0.25) is 0 Å². The maximum atomic E-state index is 11.4. The zero-order valence-corrected chi connectivity index (χ0v) is 11.4. The van der Waals surface area contributed by atoms with Crippen LogP contribution < -0.4 is 5.32 Å². The minimum absolute atomic E-state index is 0.115. The fraction of sp³-hybridized carbons (Fsp3) is 0.667. The molecule has 0 radical (unpaired) electrons. The molecule has 0 amide bonds. The van der Waals surface area contributed by atoms with E-state index >= 15 is 0 Å². The summed E-state index contributed by atoms with van der Waals surface area (Å²) in [4.78, 5) is 4.28. The van der Waals surface area contributed by atoms with Gasteiger partial charge in [-0.15, -0.1) is 11.3 Å². The van der Waals surface area contributed by atoms with Gasteiger partial charge in [-0.25, -0.2) is 17.7 Å². The van der Waals surface area contributed by atoms with Crippen LogP contribution in [0.25, 0.3) is 0 Å². The lowest BCUT2D eigenvalue weighted by molar-refractivity contribution is 0.517. The Morgan fingerprint density at radius 2 is 2.19 bits per heavy atom. The Morgan fingerprint density at radius 3 is 2.69 bits per heavy atom. The van der Waals surface area contributed by atoms with Gasteiger partial charge in [0.15, 0.2) is 0 Å². The van der Waals surface area contributed by atoms with E-state index in [1.54, 1.807) is 25.4 Å². The molecule has 16 heavy (non-hydrogen) atoms. The van der Waals surface area contributed by atoms with Gasteiger partial charge < -0.3 is 5.32 Å². The number of rotatable bonds is 6. The number of nitrogens with zero attached hydrogens (tertiary/aromatic N) is 2. The minimum Gasteiger partial charge on any atom is -0.309 e. The van der Waals surface area contributed by atoms with E-state index in [0.717, 1.165) is 10.7 Å². The van der Waals surface area contributed by atoms with Crippen LogP contribution in [0.15, 0.2) is 5.38 Å². The largest absolute Gasteiger partial charge is 0.309 e. The summed E-state index contributed by atoms with van der Waals surface area (Å²) in [6, 6.07) is 0. The summed E-state index contributed by atoms with van der Waals surface area (Å²) in [5.41, 5.74) is 1.00. The smallest absolute Gasteiger partial charge is 0.214 e. The number of hydrogen-bond donors (Lipinski definition) is 1. The molecule has 1 rings (SSSR count). The fourth-order valence-electron chi connectivity index (χ4n) is 1.06. The van der Waals surface area contributed by atoms with Gasteiger partial charge >= 0.3 is 0 Å². The molecule has 1 N–H and O–H groups in total. The standard InChI is InChI=1S/C9H17N3O2S2/c1-8-7-15-9(11-8)6-10-4-5-16(13,14)12(2)3/h7,10H,4-6H2,1-3H3. The molecule has 0 aromatic carbocycles. The van der Waals surface area contributed by atoms with Crippen molar-refractivity contribution < 1.29 is 8.42 Å². The lowest BCUT2D eigenvalue weighted by Crippen LogP contribution is -2.30. The maximum absolute atomic E-state index is 11.4. The average molecular weight is 263 g/mol. The first-order valence-corrected chi connectivity index (χ1v) is 7.42. The summed E-state index contributed by atoms with van der Waals surface area (Å²) in [5.74, 6) is 0.115. The third-order valence-corrected chi connectivity index (χ3v) is 4.84. The van der Waals surface area contributed by atoms with Crippen molar-refractivity contribution in [2.45, 2.75) is 13.5 Å². The first-order valence-electron chi connectivity index (χ1n) is 4.94. The summed E-state index contributed by atoms with van der Waals surface area (Å²) in [6.07, 6.45) is 0. The fourth-order valence-corrected chi connectivity index (χ4v) is 2.57. The van der Waals surface area contributed by atoms with E-state index < -0.39 is 10.0 Å². The Morgan fingerprint density at radius 1 is 1.50 bits per heavy atom. The van der Waals surface area contributed by atoms with Gasteiger partial charge in [0.2, 0.25) is 10.0 Å². The van der Waals surface area contributed by atoms with E-state index in [-0.39, 0.29) is 5.75 Å². The molecule has 0 atom stereocenters. The van der Waals surface area contributed by atoms with E-state index in [2.05, 4.69) is 10.3 Å². The average Bonchev–Trinajstić information content (AvgIpc) is 2.59. The molecule has 0 unspecified atom stereocenters. The molecule has 0 fully saturated rings. The van der Waals surface area contributed by atoms with Crippen molar-refractivity contribution in [1.29, 1.82) is 0 Å². The zero-order chi connectivity index (χ0) is 12.2. The van der Waals surface area contributed by atoms with E-state index in [9.17, 15) is 8.42 Å². The van der Waals surface area contributed by atoms with Gasteiger partial charge in [-0.2, -0.15) is 0 Å². The number of sulfonamides is 1. The topological polar surface area (TPSA) is 62.3 Å². The first kappa shape index (κ1) is 13.6. The highest BCUT2D eigenvalue weighted by atomic mass is 32.2. The molecule has 0 aliphatic rings. The highest BCUT2D eigenvalue weighted by Gasteiger charge is 2.12. The SMILES string of the molecule is Cc1csc(CNCCS(=O)(=O)N(C)C)n1. The summed E-state index contributed by atoms with van der Waals surface area (Å²) < 4.78 is 24.1. The van der Waals surface area contributed by atoms with Crippen LogP contribution in [0.3, 0.4) is 0 Å². The van der Waals surface area contributed by atoms with Crippen molar-refractivity contribution in [2.24, 2.45) is 0 Å². The van der Waals surface area contributed by atoms with Crippen LogP contribution in [-0.2, 0) is 16.6 Å². The second-order valence-electron chi connectivity index (χ2n) is 3.66. The third kappa shape index (κ3) is 4.17. The second-order valence-corrected chi connectivity index (χ2v) is 6.90. The van der Waals surface area contributed by atoms with Gasteiger partial charge in [0.25, 0.3) is 0 Å². The molecule has 1 aromatic rings. The van der Waals surface area contributed by atoms with Crippen molar-refractivity contribution in [3.63, 3.8) is 0 Å². The number of aryl methyl sites for hydroxylation is 1. The summed E-state index contributed by atoms with van der Waals surface area (Å²) >= 11 is 1.58. The summed E-state index contributed by atoms with van der Waals surface area (Å²) in [6.45, 7) is 3.01. The molecule has 0 aliphatic heterocycles. The molecular formula is C9H17N3O2S2. The van der Waals surface area contributed by atoms with Gasteiger partial charge in [-0.05, 0) is 6.92 Å². The predicted octanol–water partition coefficient (Wildman–Crippen LogP) is 0.433. The molecule has 0 saturated heterocycles. The highest BCUT2D eigenvalue weighted by molar-refractivity contribution is 7.89. The molecule has 1 aromatic heterocycles. The molecule has 0 saturated carbocycles. The molecular weight excluding hydrogens is 246 g/mol. The maximum Gasteiger partial charge on any atom is 0.214 e. The van der Waals surface area contributed by atoms with Gasteiger partial charge in [0.05, 0.1) is 5.75 Å². The van der Waals surface area contributed by atoms with Crippen LogP contribution in [0, 0.1) is 6.92 Å². The molecule has 0 aliphatic carbocycles. The van der Waals surface area contributed by atoms with Crippen LogP contribution in [0.4, 0.5) is 0 Å². The first-order chi connectivity index (χ1) is 7.42. The predicted molar refractivity (Wildman–Crippen MR) is 66.0 cm³/mol. The van der Waals surface area contributed by atoms with Gasteiger partial charge in [0.1, 0.15) is 5.01 Å². The van der Waals surface area contributed by atoms with Crippen LogP contribution >= 0.6 is 11.3 Å². The van der Waals surface area contributed by atoms with Crippen LogP contribution in [0.5, 0.6) is 0 Å². The van der Waals surface area contributed by atoms with Crippen molar-refractivity contribution in [1.82, 2.24) is 14.6 Å². The van der Waals surface area contributed by atoms with E-state index in [1.807, 2.05) is 12.3 Å². The molecule has 5 nitrogen and oxygen atoms in total. The molecule has 92 valence electrons. The van der Waals surface area contributed by atoms with Crippen LogP contribution in [0.1, 0.15) is 10.7 Å². The molecule has 0 spiro atoms. The lowest BCUT2D eigenvalue weighted by atomic mass is 10.5. The number of hydrogen-bond acceptors (Lipinski definition) is 5. The van der Waals surface area contributed by atoms with E-state index in [4.69, 9.17) is 0 Å². The van der Waals surface area contributed by atoms with Crippen molar-refractivity contribution in [2.75, 3.05) is 26.4 Å². The number of thiazole rings is 1. The Labute approximate surface area is 101 Å².